The van der Waals surface area contributed by atoms with E-state index in [1.54, 1.807) is 29.8 Å². The average molecular weight is 245 g/mol. The second kappa shape index (κ2) is 3.53. The summed E-state index contributed by atoms with van der Waals surface area (Å²) in [6, 6.07) is 4.84. The lowest BCUT2D eigenvalue weighted by Crippen LogP contribution is -2.08. The summed E-state index contributed by atoms with van der Waals surface area (Å²) in [6.07, 6.45) is 1.46. The van der Waals surface area contributed by atoms with Gasteiger partial charge in [0.2, 0.25) is 11.1 Å². The molecule has 0 fully saturated rings. The topological polar surface area (TPSA) is 64.6 Å². The molecule has 1 N–H and O–H groups in total. The Morgan fingerprint density at radius 1 is 1.28 bits per heavy atom. The molecule has 2 heterocycles. The number of aromatic nitrogens is 1. The first-order valence-corrected chi connectivity index (χ1v) is 5.41. The number of phenols is 1. The molecule has 3 aromatic rings. The minimum absolute atomic E-state index is 0.0621. The van der Waals surface area contributed by atoms with Gasteiger partial charge < -0.3 is 18.8 Å². The Hall–Kier alpha value is -2.43. The lowest BCUT2D eigenvalue weighted by Gasteiger charge is -2.10. The molecule has 2 aromatic heterocycles. The molecule has 5 heteroatoms. The maximum atomic E-state index is 12.2. The molecule has 0 aliphatic rings. The maximum Gasteiger partial charge on any atom is 0.210 e. The summed E-state index contributed by atoms with van der Waals surface area (Å²) in [6.45, 7) is 0. The van der Waals surface area contributed by atoms with E-state index in [2.05, 4.69) is 0 Å². The molecule has 1 aromatic carbocycles. The highest BCUT2D eigenvalue weighted by Crippen LogP contribution is 2.34. The van der Waals surface area contributed by atoms with E-state index in [1.165, 1.54) is 13.4 Å². The van der Waals surface area contributed by atoms with E-state index in [4.69, 9.17) is 9.15 Å². The van der Waals surface area contributed by atoms with Crippen LogP contribution in [0.25, 0.3) is 22.0 Å². The molecule has 0 unspecified atom stereocenters. The van der Waals surface area contributed by atoms with Crippen molar-refractivity contribution in [2.24, 2.45) is 7.05 Å². The first-order valence-electron chi connectivity index (χ1n) is 5.41. The van der Waals surface area contributed by atoms with Crippen LogP contribution in [0.4, 0.5) is 0 Å². The highest BCUT2D eigenvalue weighted by atomic mass is 16.5. The average Bonchev–Trinajstić information content (AvgIpc) is 2.85. The molecule has 18 heavy (non-hydrogen) atoms. The van der Waals surface area contributed by atoms with Crippen LogP contribution in [0.15, 0.2) is 33.7 Å². The quantitative estimate of drug-likeness (QED) is 0.712. The number of hydrogen-bond acceptors (Lipinski definition) is 4. The van der Waals surface area contributed by atoms with Gasteiger partial charge in [0.05, 0.1) is 24.1 Å². The summed E-state index contributed by atoms with van der Waals surface area (Å²) >= 11 is 0. The van der Waals surface area contributed by atoms with Gasteiger partial charge in [0.25, 0.3) is 0 Å². The minimum atomic E-state index is -0.162. The number of furan rings is 1. The van der Waals surface area contributed by atoms with Gasteiger partial charge >= 0.3 is 0 Å². The second-order valence-electron chi connectivity index (χ2n) is 4.04. The SMILES string of the molecule is COc1ccc2c(=O)c3ccoc3n(C)c2c1O. The van der Waals surface area contributed by atoms with Crippen molar-refractivity contribution < 1.29 is 14.3 Å². The summed E-state index contributed by atoms with van der Waals surface area (Å²) in [4.78, 5) is 12.2. The van der Waals surface area contributed by atoms with Gasteiger partial charge in [-0.05, 0) is 18.2 Å². The summed E-state index contributed by atoms with van der Waals surface area (Å²) in [5.41, 5.74) is 0.669. The Labute approximate surface area is 102 Å². The third kappa shape index (κ3) is 1.18. The van der Waals surface area contributed by atoms with E-state index in [9.17, 15) is 9.90 Å². The van der Waals surface area contributed by atoms with Crippen molar-refractivity contribution in [1.29, 1.82) is 0 Å². The lowest BCUT2D eigenvalue weighted by atomic mass is 10.1. The van der Waals surface area contributed by atoms with Gasteiger partial charge in [-0.2, -0.15) is 0 Å². The zero-order valence-electron chi connectivity index (χ0n) is 9.93. The normalized spacial score (nSPS) is 11.2. The monoisotopic (exact) mass is 245 g/mol. The van der Waals surface area contributed by atoms with Crippen LogP contribution in [-0.2, 0) is 7.05 Å². The van der Waals surface area contributed by atoms with E-state index in [0.717, 1.165) is 0 Å². The van der Waals surface area contributed by atoms with Crippen molar-refractivity contribution >= 4 is 22.0 Å². The third-order valence-corrected chi connectivity index (χ3v) is 3.11. The fourth-order valence-electron chi connectivity index (χ4n) is 2.23. The number of aryl methyl sites for hydroxylation is 1. The molecule has 0 aliphatic heterocycles. The van der Waals surface area contributed by atoms with Crippen molar-refractivity contribution in [3.63, 3.8) is 0 Å². The van der Waals surface area contributed by atoms with E-state index < -0.39 is 0 Å². The number of ether oxygens (including phenoxy) is 1. The highest BCUT2D eigenvalue weighted by molar-refractivity contribution is 5.95. The Morgan fingerprint density at radius 2 is 2.06 bits per heavy atom. The van der Waals surface area contributed by atoms with E-state index in [0.29, 0.717) is 27.8 Å². The van der Waals surface area contributed by atoms with Crippen molar-refractivity contribution in [3.05, 3.63) is 34.7 Å². The molecule has 0 amide bonds. The number of benzene rings is 1. The van der Waals surface area contributed by atoms with Crippen LogP contribution in [0.2, 0.25) is 0 Å². The van der Waals surface area contributed by atoms with Crippen molar-refractivity contribution in [3.8, 4) is 11.5 Å². The molecule has 92 valence electrons. The highest BCUT2D eigenvalue weighted by Gasteiger charge is 2.16. The summed E-state index contributed by atoms with van der Waals surface area (Å²) in [7, 11) is 3.19. The molecule has 0 saturated heterocycles. The number of phenolic OH excluding ortho intramolecular Hbond substituents is 1. The molecule has 3 rings (SSSR count). The first-order chi connectivity index (χ1) is 8.65. The zero-order valence-corrected chi connectivity index (χ0v) is 9.93. The van der Waals surface area contributed by atoms with Gasteiger partial charge in [-0.25, -0.2) is 0 Å². The molecule has 0 atom stereocenters. The van der Waals surface area contributed by atoms with Crippen molar-refractivity contribution in [1.82, 2.24) is 4.57 Å². The largest absolute Gasteiger partial charge is 0.503 e. The fraction of sp³-hybridized carbons (Fsp3) is 0.154. The Morgan fingerprint density at radius 3 is 2.78 bits per heavy atom. The number of nitrogens with zero attached hydrogens (tertiary/aromatic N) is 1. The van der Waals surface area contributed by atoms with Crippen LogP contribution in [0, 0.1) is 0 Å². The molecular formula is C13H11NO4. The molecule has 0 radical (unpaired) electrons. The first kappa shape index (κ1) is 10.7. The van der Waals surface area contributed by atoms with Gasteiger partial charge in [-0.1, -0.05) is 0 Å². The lowest BCUT2D eigenvalue weighted by molar-refractivity contribution is 0.375. The van der Waals surface area contributed by atoms with Crippen LogP contribution in [-0.4, -0.2) is 16.8 Å². The van der Waals surface area contributed by atoms with Gasteiger partial charge in [-0.3, -0.25) is 4.79 Å². The zero-order chi connectivity index (χ0) is 12.9. The van der Waals surface area contributed by atoms with Gasteiger partial charge in [0.1, 0.15) is 5.52 Å². The number of fused-ring (bicyclic) bond motifs is 2. The Kier molecular flexibility index (Phi) is 2.10. The van der Waals surface area contributed by atoms with Crippen LogP contribution >= 0.6 is 0 Å². The predicted molar refractivity (Wildman–Crippen MR) is 67.2 cm³/mol. The van der Waals surface area contributed by atoms with Crippen LogP contribution in [0.1, 0.15) is 0 Å². The van der Waals surface area contributed by atoms with Gasteiger partial charge in [-0.15, -0.1) is 0 Å². The van der Waals surface area contributed by atoms with Crippen molar-refractivity contribution in [2.75, 3.05) is 7.11 Å². The van der Waals surface area contributed by atoms with E-state index in [1.807, 2.05) is 0 Å². The van der Waals surface area contributed by atoms with Crippen LogP contribution in [0.3, 0.4) is 0 Å². The second-order valence-corrected chi connectivity index (χ2v) is 4.04. The maximum absolute atomic E-state index is 12.2. The predicted octanol–water partition coefficient (Wildman–Crippen LogP) is 2.00. The molecule has 0 aliphatic carbocycles. The third-order valence-electron chi connectivity index (χ3n) is 3.11. The van der Waals surface area contributed by atoms with E-state index in [-0.39, 0.29) is 11.2 Å². The standard InChI is InChI=1S/C13H11NO4/c1-14-10-7(3-4-9(17-2)12(10)16)11(15)8-5-6-18-13(8)14/h3-6,16H,1-2H3. The van der Waals surface area contributed by atoms with Gasteiger partial charge in [0, 0.05) is 7.05 Å². The number of aromatic hydroxyl groups is 1. The Bertz CT molecular complexity index is 813. The Balaban J connectivity index is 2.65. The number of hydrogen-bond donors (Lipinski definition) is 1. The summed E-state index contributed by atoms with van der Waals surface area (Å²) in [5, 5.41) is 11.1. The number of rotatable bonds is 1. The number of methoxy groups -OCH3 is 1. The fourth-order valence-corrected chi connectivity index (χ4v) is 2.23. The molecule has 0 bridgehead atoms. The minimum Gasteiger partial charge on any atom is -0.503 e. The molecular weight excluding hydrogens is 234 g/mol. The molecule has 0 saturated carbocycles. The van der Waals surface area contributed by atoms with Crippen molar-refractivity contribution in [2.45, 2.75) is 0 Å². The summed E-state index contributed by atoms with van der Waals surface area (Å²) in [5.74, 6) is 0.260. The summed E-state index contributed by atoms with van der Waals surface area (Å²) < 4.78 is 12.0. The van der Waals surface area contributed by atoms with Gasteiger partial charge in [0.15, 0.2) is 11.5 Å². The van der Waals surface area contributed by atoms with E-state index >= 15 is 0 Å². The smallest absolute Gasteiger partial charge is 0.210 e. The number of pyridine rings is 1. The van der Waals surface area contributed by atoms with Crippen LogP contribution in [0.5, 0.6) is 11.5 Å². The van der Waals surface area contributed by atoms with Crippen LogP contribution < -0.4 is 10.2 Å². The molecule has 0 spiro atoms. The molecule has 5 nitrogen and oxygen atoms in total.